The van der Waals surface area contributed by atoms with E-state index in [1.54, 1.807) is 0 Å². The predicted octanol–water partition coefficient (Wildman–Crippen LogP) is 3.02. The van der Waals surface area contributed by atoms with Crippen LogP contribution in [0, 0.1) is 6.92 Å². The average Bonchev–Trinajstić information content (AvgIpc) is 2.78. The van der Waals surface area contributed by atoms with E-state index in [0.29, 0.717) is 0 Å². The van der Waals surface area contributed by atoms with Gasteiger partial charge in [0.15, 0.2) is 0 Å². The smallest absolute Gasteiger partial charge is 0.0674 e. The van der Waals surface area contributed by atoms with Crippen molar-refractivity contribution in [2.24, 2.45) is 0 Å². The molecule has 0 radical (unpaired) electrons. The van der Waals surface area contributed by atoms with Crippen molar-refractivity contribution in [1.82, 2.24) is 15.1 Å². The van der Waals surface area contributed by atoms with Gasteiger partial charge in [-0.15, -0.1) is 0 Å². The zero-order valence-corrected chi connectivity index (χ0v) is 12.3. The Labute approximate surface area is 115 Å². The molecule has 19 heavy (non-hydrogen) atoms. The second-order valence-corrected chi connectivity index (χ2v) is 4.86. The van der Waals surface area contributed by atoms with E-state index in [1.165, 1.54) is 22.5 Å². The standard InChI is InChI=1S/C16H23N3/c1-5-15-14(11-17-4)16(6-2)19(18-15)13-9-7-12(3)8-10-13/h7-10,17H,5-6,11H2,1-4H3. The van der Waals surface area contributed by atoms with Crippen molar-refractivity contribution in [1.29, 1.82) is 0 Å². The van der Waals surface area contributed by atoms with Crippen molar-refractivity contribution in [3.05, 3.63) is 46.8 Å². The lowest BCUT2D eigenvalue weighted by atomic mass is 10.1. The Bertz CT molecular complexity index is 538. The van der Waals surface area contributed by atoms with Crippen LogP contribution in [0.4, 0.5) is 0 Å². The maximum absolute atomic E-state index is 4.79. The summed E-state index contributed by atoms with van der Waals surface area (Å²) < 4.78 is 2.10. The molecule has 0 aliphatic heterocycles. The minimum atomic E-state index is 0.887. The number of aromatic nitrogens is 2. The first-order valence-corrected chi connectivity index (χ1v) is 7.02. The maximum Gasteiger partial charge on any atom is 0.0674 e. The Morgan fingerprint density at radius 2 is 1.79 bits per heavy atom. The molecule has 3 heteroatoms. The molecule has 1 heterocycles. The van der Waals surface area contributed by atoms with Crippen molar-refractivity contribution in [2.75, 3.05) is 7.05 Å². The van der Waals surface area contributed by atoms with Crippen LogP contribution in [0.5, 0.6) is 0 Å². The number of nitrogens with zero attached hydrogens (tertiary/aromatic N) is 2. The monoisotopic (exact) mass is 257 g/mol. The van der Waals surface area contributed by atoms with Gasteiger partial charge in [0.1, 0.15) is 0 Å². The van der Waals surface area contributed by atoms with Crippen molar-refractivity contribution < 1.29 is 0 Å². The van der Waals surface area contributed by atoms with Crippen molar-refractivity contribution >= 4 is 0 Å². The fraction of sp³-hybridized carbons (Fsp3) is 0.438. The fourth-order valence-electron chi connectivity index (χ4n) is 2.46. The number of hydrogen-bond acceptors (Lipinski definition) is 2. The molecule has 0 atom stereocenters. The SMILES string of the molecule is CCc1nn(-c2ccc(C)cc2)c(CC)c1CNC. The number of nitrogens with one attached hydrogen (secondary N) is 1. The highest BCUT2D eigenvalue weighted by molar-refractivity contribution is 5.39. The van der Waals surface area contributed by atoms with Crippen LogP contribution in [0.1, 0.15) is 36.4 Å². The van der Waals surface area contributed by atoms with Gasteiger partial charge in [-0.05, 0) is 38.9 Å². The van der Waals surface area contributed by atoms with Gasteiger partial charge in [0.25, 0.3) is 0 Å². The summed E-state index contributed by atoms with van der Waals surface area (Å²) in [6.07, 6.45) is 1.97. The third kappa shape index (κ3) is 2.71. The topological polar surface area (TPSA) is 29.9 Å². The van der Waals surface area contributed by atoms with Gasteiger partial charge in [-0.1, -0.05) is 31.5 Å². The van der Waals surface area contributed by atoms with Gasteiger partial charge in [-0.25, -0.2) is 4.68 Å². The van der Waals surface area contributed by atoms with E-state index in [-0.39, 0.29) is 0 Å². The minimum absolute atomic E-state index is 0.887. The van der Waals surface area contributed by atoms with E-state index >= 15 is 0 Å². The molecule has 2 aromatic rings. The third-order valence-electron chi connectivity index (χ3n) is 3.47. The number of benzene rings is 1. The van der Waals surface area contributed by atoms with Crippen LogP contribution >= 0.6 is 0 Å². The summed E-state index contributed by atoms with van der Waals surface area (Å²) >= 11 is 0. The molecule has 0 saturated carbocycles. The van der Waals surface area contributed by atoms with Gasteiger partial charge in [0, 0.05) is 17.8 Å². The third-order valence-corrected chi connectivity index (χ3v) is 3.47. The second-order valence-electron chi connectivity index (χ2n) is 4.86. The molecule has 0 spiro atoms. The van der Waals surface area contributed by atoms with E-state index in [4.69, 9.17) is 5.10 Å². The molecular weight excluding hydrogens is 234 g/mol. The summed E-state index contributed by atoms with van der Waals surface area (Å²) in [4.78, 5) is 0. The Kier molecular flexibility index (Phi) is 4.38. The summed E-state index contributed by atoms with van der Waals surface area (Å²) in [5.74, 6) is 0. The van der Waals surface area contributed by atoms with E-state index in [9.17, 15) is 0 Å². The molecule has 0 fully saturated rings. The highest BCUT2D eigenvalue weighted by Crippen LogP contribution is 2.20. The number of aryl methyl sites for hydroxylation is 2. The fourth-order valence-corrected chi connectivity index (χ4v) is 2.46. The first-order valence-electron chi connectivity index (χ1n) is 7.02. The van der Waals surface area contributed by atoms with Crippen LogP contribution in [0.15, 0.2) is 24.3 Å². The molecule has 1 N–H and O–H groups in total. The quantitative estimate of drug-likeness (QED) is 0.892. The van der Waals surface area contributed by atoms with Gasteiger partial charge in [0.2, 0.25) is 0 Å². The first kappa shape index (κ1) is 13.8. The highest BCUT2D eigenvalue weighted by atomic mass is 15.3. The molecule has 0 bridgehead atoms. The molecule has 0 amide bonds. The molecule has 0 aliphatic rings. The van der Waals surface area contributed by atoms with Crippen LogP contribution in [0.2, 0.25) is 0 Å². The van der Waals surface area contributed by atoms with Crippen LogP contribution in [-0.2, 0) is 19.4 Å². The van der Waals surface area contributed by atoms with Crippen LogP contribution < -0.4 is 5.32 Å². The molecule has 1 aromatic carbocycles. The molecule has 102 valence electrons. The zero-order valence-electron chi connectivity index (χ0n) is 12.3. The zero-order chi connectivity index (χ0) is 13.8. The summed E-state index contributed by atoms with van der Waals surface area (Å²) in [7, 11) is 1.99. The van der Waals surface area contributed by atoms with E-state index in [1.807, 2.05) is 7.05 Å². The Hall–Kier alpha value is -1.61. The lowest BCUT2D eigenvalue weighted by Crippen LogP contribution is -2.09. The Morgan fingerprint density at radius 3 is 2.32 bits per heavy atom. The largest absolute Gasteiger partial charge is 0.316 e. The van der Waals surface area contributed by atoms with Crippen molar-refractivity contribution in [3.63, 3.8) is 0 Å². The van der Waals surface area contributed by atoms with Gasteiger partial charge in [0.05, 0.1) is 11.4 Å². The molecule has 2 rings (SSSR count). The summed E-state index contributed by atoms with van der Waals surface area (Å²) in [5.41, 5.74) is 6.30. The molecule has 0 aliphatic carbocycles. The van der Waals surface area contributed by atoms with Gasteiger partial charge in [-0.3, -0.25) is 0 Å². The number of rotatable bonds is 5. The van der Waals surface area contributed by atoms with Crippen LogP contribution in [-0.4, -0.2) is 16.8 Å². The van der Waals surface area contributed by atoms with Crippen molar-refractivity contribution in [3.8, 4) is 5.69 Å². The van der Waals surface area contributed by atoms with Crippen molar-refractivity contribution in [2.45, 2.75) is 40.2 Å². The predicted molar refractivity (Wildman–Crippen MR) is 79.8 cm³/mol. The van der Waals surface area contributed by atoms with E-state index < -0.39 is 0 Å². The van der Waals surface area contributed by atoms with Gasteiger partial charge in [-0.2, -0.15) is 5.10 Å². The minimum Gasteiger partial charge on any atom is -0.316 e. The van der Waals surface area contributed by atoms with Crippen LogP contribution in [0.25, 0.3) is 5.69 Å². The molecular formula is C16H23N3. The summed E-state index contributed by atoms with van der Waals surface area (Å²) in [6, 6.07) is 8.56. The van der Waals surface area contributed by atoms with Crippen LogP contribution in [0.3, 0.4) is 0 Å². The highest BCUT2D eigenvalue weighted by Gasteiger charge is 2.15. The average molecular weight is 257 g/mol. The first-order chi connectivity index (χ1) is 9.21. The summed E-state index contributed by atoms with van der Waals surface area (Å²) in [6.45, 7) is 7.36. The van der Waals surface area contributed by atoms with E-state index in [2.05, 4.69) is 55.0 Å². The van der Waals surface area contributed by atoms with E-state index in [0.717, 1.165) is 25.1 Å². The maximum atomic E-state index is 4.79. The lowest BCUT2D eigenvalue weighted by Gasteiger charge is -2.08. The molecule has 0 unspecified atom stereocenters. The lowest BCUT2D eigenvalue weighted by molar-refractivity contribution is 0.779. The Morgan fingerprint density at radius 1 is 1.11 bits per heavy atom. The number of hydrogen-bond donors (Lipinski definition) is 1. The van der Waals surface area contributed by atoms with Gasteiger partial charge >= 0.3 is 0 Å². The summed E-state index contributed by atoms with van der Waals surface area (Å²) in [5, 5.41) is 8.05. The molecule has 3 nitrogen and oxygen atoms in total. The molecule has 0 saturated heterocycles. The second kappa shape index (κ2) is 6.02. The molecule has 1 aromatic heterocycles. The van der Waals surface area contributed by atoms with Gasteiger partial charge < -0.3 is 5.32 Å². The Balaban J connectivity index is 2.53. The normalized spacial score (nSPS) is 10.9.